The topological polar surface area (TPSA) is 91.0 Å². The molecule has 4 N–H and O–H groups in total. The molecule has 6 nitrogen and oxygen atoms in total. The van der Waals surface area contributed by atoms with Crippen LogP contribution in [0.25, 0.3) is 0 Å². The van der Waals surface area contributed by atoms with Crippen LogP contribution in [0.15, 0.2) is 23.4 Å². The number of hydrogen-bond donors (Lipinski definition) is 3. The summed E-state index contributed by atoms with van der Waals surface area (Å²) in [6, 6.07) is 4.68. The molecule has 1 heterocycles. The Bertz CT molecular complexity index is 547. The lowest BCUT2D eigenvalue weighted by atomic mass is 10.2. The fraction of sp³-hybridized carbons (Fsp3) is 0.385. The molecule has 1 aromatic carbocycles. The Morgan fingerprint density at radius 3 is 3.00 bits per heavy atom. The number of carbonyl (C=O) groups is 1. The second-order valence-electron chi connectivity index (χ2n) is 4.77. The molecule has 2 rings (SSSR count). The van der Waals surface area contributed by atoms with Crippen LogP contribution in [-0.2, 0) is 0 Å². The Morgan fingerprint density at radius 1 is 1.60 bits per heavy atom. The fourth-order valence-corrected chi connectivity index (χ4v) is 2.43. The van der Waals surface area contributed by atoms with Crippen LogP contribution >= 0.6 is 11.6 Å². The molecule has 0 aromatic heterocycles. The van der Waals surface area contributed by atoms with E-state index < -0.39 is 0 Å². The van der Waals surface area contributed by atoms with Gasteiger partial charge in [0.25, 0.3) is 0 Å². The van der Waals surface area contributed by atoms with E-state index in [-0.39, 0.29) is 17.9 Å². The van der Waals surface area contributed by atoms with E-state index in [0.29, 0.717) is 23.7 Å². The summed E-state index contributed by atoms with van der Waals surface area (Å²) in [5, 5.41) is 15.1. The molecular weight excluding hydrogens is 280 g/mol. The van der Waals surface area contributed by atoms with Crippen molar-refractivity contribution < 1.29 is 10.0 Å². The first-order valence-corrected chi connectivity index (χ1v) is 6.72. The number of benzene rings is 1. The minimum atomic E-state index is -0.360. The van der Waals surface area contributed by atoms with E-state index in [9.17, 15) is 4.79 Å². The first-order valence-electron chi connectivity index (χ1n) is 6.34. The predicted molar refractivity (Wildman–Crippen MR) is 78.3 cm³/mol. The largest absolute Gasteiger partial charge is 0.409 e. The molecule has 0 saturated carbocycles. The molecule has 1 aliphatic heterocycles. The Balaban J connectivity index is 2.09. The molecular formula is C13H17ClN4O2. The summed E-state index contributed by atoms with van der Waals surface area (Å²) in [6.45, 7) is 2.47. The molecule has 0 spiro atoms. The van der Waals surface area contributed by atoms with Crippen molar-refractivity contribution in [3.8, 4) is 0 Å². The van der Waals surface area contributed by atoms with Crippen LogP contribution in [0.3, 0.4) is 0 Å². The van der Waals surface area contributed by atoms with Gasteiger partial charge in [0.1, 0.15) is 0 Å². The summed E-state index contributed by atoms with van der Waals surface area (Å²) in [6.07, 6.45) is 1.51. The van der Waals surface area contributed by atoms with Gasteiger partial charge in [-0.25, -0.2) is 4.79 Å². The monoisotopic (exact) mass is 296 g/mol. The molecule has 0 bridgehead atoms. The molecule has 1 aromatic rings. The van der Waals surface area contributed by atoms with E-state index in [1.54, 1.807) is 17.0 Å². The summed E-state index contributed by atoms with van der Waals surface area (Å²) in [5.74, 6) is 0.0552. The van der Waals surface area contributed by atoms with E-state index >= 15 is 0 Å². The Hall–Kier alpha value is -1.95. The lowest BCUT2D eigenvalue weighted by Crippen LogP contribution is -2.45. The van der Waals surface area contributed by atoms with Crippen molar-refractivity contribution in [2.75, 3.05) is 11.9 Å². The van der Waals surface area contributed by atoms with Gasteiger partial charge in [-0.1, -0.05) is 22.8 Å². The summed E-state index contributed by atoms with van der Waals surface area (Å²) in [4.78, 5) is 13.8. The fourth-order valence-electron chi connectivity index (χ4n) is 2.25. The first kappa shape index (κ1) is 14.5. The zero-order valence-corrected chi connectivity index (χ0v) is 11.9. The first-order chi connectivity index (χ1) is 9.52. The van der Waals surface area contributed by atoms with Gasteiger partial charge in [-0.3, -0.25) is 0 Å². The maximum Gasteiger partial charge on any atom is 0.322 e. The van der Waals surface area contributed by atoms with Crippen LogP contribution in [0.4, 0.5) is 10.5 Å². The van der Waals surface area contributed by atoms with Gasteiger partial charge in [-0.05, 0) is 37.5 Å². The highest BCUT2D eigenvalue weighted by Gasteiger charge is 2.31. The number of nitrogens with zero attached hydrogens (tertiary/aromatic N) is 2. The van der Waals surface area contributed by atoms with Crippen molar-refractivity contribution in [1.29, 1.82) is 0 Å². The van der Waals surface area contributed by atoms with Crippen molar-refractivity contribution in [2.45, 2.75) is 25.8 Å². The number of aryl methyl sites for hydroxylation is 1. The van der Waals surface area contributed by atoms with Crippen LogP contribution < -0.4 is 11.1 Å². The van der Waals surface area contributed by atoms with Crippen LogP contribution in [0.5, 0.6) is 0 Å². The summed E-state index contributed by atoms with van der Waals surface area (Å²) < 4.78 is 0. The standard InChI is InChI=1S/C13H17ClN4O2/c1-8-4-5-9(7-10(8)14)16-13(19)18-6-2-3-11(18)12(15)17-20/h4-5,7,11,20H,2-3,6H2,1H3,(H2,15,17)(H,16,19). The number of nitrogens with one attached hydrogen (secondary N) is 1. The molecule has 1 fully saturated rings. The molecule has 0 aliphatic carbocycles. The van der Waals surface area contributed by atoms with Gasteiger partial charge in [0.05, 0.1) is 6.04 Å². The zero-order valence-electron chi connectivity index (χ0n) is 11.1. The highest BCUT2D eigenvalue weighted by atomic mass is 35.5. The lowest BCUT2D eigenvalue weighted by molar-refractivity contribution is 0.215. The maximum atomic E-state index is 12.2. The molecule has 7 heteroatoms. The second kappa shape index (κ2) is 6.00. The average Bonchev–Trinajstić information content (AvgIpc) is 2.91. The minimum absolute atomic E-state index is 0.0552. The normalized spacial score (nSPS) is 19.2. The van der Waals surface area contributed by atoms with Gasteiger partial charge in [0.2, 0.25) is 0 Å². The number of anilines is 1. The maximum absolute atomic E-state index is 12.2. The molecule has 108 valence electrons. The molecule has 2 amide bonds. The van der Waals surface area contributed by atoms with Gasteiger partial charge >= 0.3 is 6.03 Å². The molecule has 1 saturated heterocycles. The van der Waals surface area contributed by atoms with Crippen LogP contribution in [-0.4, -0.2) is 34.6 Å². The molecule has 1 unspecified atom stereocenters. The van der Waals surface area contributed by atoms with Crippen LogP contribution in [0.1, 0.15) is 18.4 Å². The van der Waals surface area contributed by atoms with Gasteiger partial charge in [0, 0.05) is 17.3 Å². The van der Waals surface area contributed by atoms with Crippen molar-refractivity contribution in [1.82, 2.24) is 4.90 Å². The van der Waals surface area contributed by atoms with Crippen molar-refractivity contribution in [3.63, 3.8) is 0 Å². The number of nitrogens with two attached hydrogens (primary N) is 1. The van der Waals surface area contributed by atoms with E-state index in [4.69, 9.17) is 22.5 Å². The second-order valence-corrected chi connectivity index (χ2v) is 5.18. The number of rotatable bonds is 2. The van der Waals surface area contributed by atoms with Crippen molar-refractivity contribution in [3.05, 3.63) is 28.8 Å². The zero-order chi connectivity index (χ0) is 14.7. The van der Waals surface area contributed by atoms with Gasteiger partial charge in [-0.2, -0.15) is 0 Å². The van der Waals surface area contributed by atoms with Gasteiger partial charge < -0.3 is 21.2 Å². The number of amides is 2. The van der Waals surface area contributed by atoms with Crippen LogP contribution in [0, 0.1) is 6.92 Å². The van der Waals surface area contributed by atoms with E-state index in [2.05, 4.69) is 10.5 Å². The summed E-state index contributed by atoms with van der Waals surface area (Å²) in [7, 11) is 0. The Kier molecular flexibility index (Phi) is 4.34. The quantitative estimate of drug-likeness (QED) is 0.339. The summed E-state index contributed by atoms with van der Waals surface area (Å²) >= 11 is 6.02. The van der Waals surface area contributed by atoms with Crippen molar-refractivity contribution >= 4 is 29.2 Å². The third-order valence-electron chi connectivity index (χ3n) is 3.39. The van der Waals surface area contributed by atoms with Gasteiger partial charge in [0.15, 0.2) is 5.84 Å². The molecule has 20 heavy (non-hydrogen) atoms. The SMILES string of the molecule is Cc1ccc(NC(=O)N2CCCC2C(N)=NO)cc1Cl. The van der Waals surface area contributed by atoms with Crippen molar-refractivity contribution in [2.24, 2.45) is 10.9 Å². The Morgan fingerprint density at radius 2 is 2.35 bits per heavy atom. The number of carbonyl (C=O) groups excluding carboxylic acids is 1. The average molecular weight is 297 g/mol. The van der Waals surface area contributed by atoms with E-state index in [1.165, 1.54) is 0 Å². The number of hydrogen-bond acceptors (Lipinski definition) is 3. The lowest BCUT2D eigenvalue weighted by Gasteiger charge is -2.23. The van der Waals surface area contributed by atoms with E-state index in [0.717, 1.165) is 12.0 Å². The smallest absolute Gasteiger partial charge is 0.322 e. The summed E-state index contributed by atoms with van der Waals surface area (Å²) in [5.41, 5.74) is 7.17. The number of amidine groups is 1. The highest BCUT2D eigenvalue weighted by Crippen LogP contribution is 2.22. The number of oxime groups is 1. The number of halogens is 1. The molecule has 0 radical (unpaired) electrons. The number of urea groups is 1. The van der Waals surface area contributed by atoms with Crippen LogP contribution in [0.2, 0.25) is 5.02 Å². The molecule has 1 atom stereocenters. The minimum Gasteiger partial charge on any atom is -0.409 e. The predicted octanol–water partition coefficient (Wildman–Crippen LogP) is 2.39. The molecule has 1 aliphatic rings. The third kappa shape index (κ3) is 2.96. The van der Waals surface area contributed by atoms with E-state index in [1.807, 2.05) is 13.0 Å². The van der Waals surface area contributed by atoms with Gasteiger partial charge in [-0.15, -0.1) is 0 Å². The number of likely N-dealkylation sites (tertiary alicyclic amines) is 1. The third-order valence-corrected chi connectivity index (χ3v) is 3.80. The highest BCUT2D eigenvalue weighted by molar-refractivity contribution is 6.31. The Labute approximate surface area is 122 Å².